The van der Waals surface area contributed by atoms with Crippen molar-refractivity contribution in [2.45, 2.75) is 13.0 Å². The van der Waals surface area contributed by atoms with Crippen molar-refractivity contribution in [3.05, 3.63) is 65.3 Å². The molecule has 0 amide bonds. The quantitative estimate of drug-likeness (QED) is 0.695. The fraction of sp³-hybridized carbons (Fsp3) is 0.286. The molecule has 0 saturated carbocycles. The van der Waals surface area contributed by atoms with Crippen LogP contribution in [0.15, 0.2) is 54.7 Å². The molecule has 4 rings (SSSR count). The molecule has 1 saturated heterocycles. The van der Waals surface area contributed by atoms with E-state index in [0.29, 0.717) is 0 Å². The Morgan fingerprint density at radius 2 is 1.92 bits per heavy atom. The van der Waals surface area contributed by atoms with E-state index in [9.17, 15) is 4.79 Å². The molecule has 0 aliphatic carbocycles. The molecule has 3 aromatic rings. The lowest BCUT2D eigenvalue weighted by atomic mass is 10.0. The zero-order valence-electron chi connectivity index (χ0n) is 14.8. The molecule has 1 aromatic heterocycles. The first-order valence-electron chi connectivity index (χ1n) is 9.09. The van der Waals surface area contributed by atoms with Crippen LogP contribution in [0.25, 0.3) is 10.9 Å². The number of nitrogens with zero attached hydrogens (tertiary/aromatic N) is 1. The van der Waals surface area contributed by atoms with Gasteiger partial charge in [-0.05, 0) is 31.2 Å². The van der Waals surface area contributed by atoms with E-state index in [1.807, 2.05) is 48.7 Å². The Kier molecular flexibility index (Phi) is 4.70. The summed E-state index contributed by atoms with van der Waals surface area (Å²) in [6.45, 7) is 5.81. The predicted octanol–water partition coefficient (Wildman–Crippen LogP) is 2.80. The molecule has 0 unspecified atom stereocenters. The van der Waals surface area contributed by atoms with Gasteiger partial charge in [0, 0.05) is 33.4 Å². The number of ketones is 1. The first kappa shape index (κ1) is 17.1. The van der Waals surface area contributed by atoms with Gasteiger partial charge in [0.25, 0.3) is 0 Å². The summed E-state index contributed by atoms with van der Waals surface area (Å²) in [6, 6.07) is 15.9. The second-order valence-electron chi connectivity index (χ2n) is 6.96. The van der Waals surface area contributed by atoms with Crippen molar-refractivity contribution in [3.8, 4) is 0 Å². The predicted molar refractivity (Wildman–Crippen MR) is 106 cm³/mol. The van der Waals surface area contributed by atoms with Gasteiger partial charge in [-0.25, -0.2) is 0 Å². The van der Waals surface area contributed by atoms with Crippen molar-refractivity contribution in [1.29, 1.82) is 0 Å². The van der Waals surface area contributed by atoms with Crippen molar-refractivity contribution in [2.24, 2.45) is 0 Å². The van der Waals surface area contributed by atoms with Crippen LogP contribution in [-0.4, -0.2) is 43.0 Å². The number of anilines is 1. The van der Waals surface area contributed by atoms with Crippen molar-refractivity contribution in [1.82, 2.24) is 4.98 Å². The number of hydrogen-bond acceptors (Lipinski definition) is 2. The van der Waals surface area contributed by atoms with Crippen LogP contribution in [-0.2, 0) is 0 Å². The Labute approximate surface area is 158 Å². The van der Waals surface area contributed by atoms with Crippen LogP contribution in [0, 0.1) is 0 Å². The van der Waals surface area contributed by atoms with Crippen molar-refractivity contribution >= 4 is 34.0 Å². The molecule has 26 heavy (non-hydrogen) atoms. The number of H-pyrrole nitrogens is 1. The van der Waals surface area contributed by atoms with Gasteiger partial charge >= 0.3 is 0 Å². The third-order valence-electron chi connectivity index (χ3n) is 5.44. The highest BCUT2D eigenvalue weighted by atomic mass is 35.5. The molecule has 1 atom stereocenters. The van der Waals surface area contributed by atoms with Crippen LogP contribution in [0.3, 0.4) is 0 Å². The maximum Gasteiger partial charge on any atom is 0.221 e. The lowest BCUT2D eigenvalue weighted by Gasteiger charge is -2.36. The number of fused-ring (bicyclic) bond motifs is 1. The van der Waals surface area contributed by atoms with E-state index >= 15 is 0 Å². The number of para-hydroxylation sites is 1. The maximum atomic E-state index is 13.0. The molecule has 0 spiro atoms. The fourth-order valence-corrected chi connectivity index (χ4v) is 4.04. The highest BCUT2D eigenvalue weighted by molar-refractivity contribution is 6.30. The summed E-state index contributed by atoms with van der Waals surface area (Å²) in [4.78, 5) is 19.9. The minimum Gasteiger partial charge on any atom is -0.360 e. The van der Waals surface area contributed by atoms with E-state index in [0.717, 1.165) is 53.4 Å². The van der Waals surface area contributed by atoms with Gasteiger partial charge in [-0.3, -0.25) is 4.79 Å². The molecule has 1 aliphatic heterocycles. The number of halogens is 1. The van der Waals surface area contributed by atoms with Gasteiger partial charge in [-0.2, -0.15) is 0 Å². The molecule has 0 bridgehead atoms. The number of aromatic nitrogens is 1. The van der Waals surface area contributed by atoms with Crippen molar-refractivity contribution < 1.29 is 9.69 Å². The number of aromatic amines is 1. The smallest absolute Gasteiger partial charge is 0.221 e. The summed E-state index contributed by atoms with van der Waals surface area (Å²) in [5.41, 5.74) is 2.98. The number of piperazine rings is 1. The first-order chi connectivity index (χ1) is 12.6. The zero-order chi connectivity index (χ0) is 18.1. The molecule has 4 nitrogen and oxygen atoms in total. The Morgan fingerprint density at radius 1 is 1.15 bits per heavy atom. The monoisotopic (exact) mass is 368 g/mol. The van der Waals surface area contributed by atoms with Crippen LogP contribution in [0.1, 0.15) is 17.3 Å². The van der Waals surface area contributed by atoms with E-state index in [4.69, 9.17) is 11.6 Å². The van der Waals surface area contributed by atoms with E-state index in [1.165, 1.54) is 4.90 Å². The second kappa shape index (κ2) is 7.14. The number of Topliss-reactive ketones (excluding diaryl/α,β-unsaturated/α-hetero) is 1. The summed E-state index contributed by atoms with van der Waals surface area (Å²) < 4.78 is 0. The lowest BCUT2D eigenvalue weighted by molar-refractivity contribution is -0.914. The number of carbonyl (C=O) groups excluding carboxylic acids is 1. The number of carbonyl (C=O) groups is 1. The van der Waals surface area contributed by atoms with E-state index in [1.54, 1.807) is 0 Å². The van der Waals surface area contributed by atoms with Crippen LogP contribution < -0.4 is 9.80 Å². The SMILES string of the molecule is C[C@H](C(=O)c1c[nH]c2ccccc12)[NH+]1CCN(c2cccc(Cl)c2)CC1. The molecule has 5 heteroatoms. The van der Waals surface area contributed by atoms with Gasteiger partial charge in [-0.15, -0.1) is 0 Å². The third kappa shape index (κ3) is 3.22. The van der Waals surface area contributed by atoms with E-state index < -0.39 is 0 Å². The largest absolute Gasteiger partial charge is 0.360 e. The second-order valence-corrected chi connectivity index (χ2v) is 7.40. The molecule has 134 valence electrons. The maximum absolute atomic E-state index is 13.0. The summed E-state index contributed by atoms with van der Waals surface area (Å²) in [5.74, 6) is 0.216. The number of hydrogen-bond donors (Lipinski definition) is 2. The number of nitrogens with one attached hydrogen (secondary N) is 2. The molecular weight excluding hydrogens is 346 g/mol. The van der Waals surface area contributed by atoms with Gasteiger partial charge in [0.05, 0.1) is 26.2 Å². The fourth-order valence-electron chi connectivity index (χ4n) is 3.85. The normalized spacial score (nSPS) is 16.8. The first-order valence-corrected chi connectivity index (χ1v) is 9.47. The van der Waals surface area contributed by atoms with E-state index in [2.05, 4.69) is 22.9 Å². The van der Waals surface area contributed by atoms with Gasteiger partial charge in [0.1, 0.15) is 6.04 Å². The molecule has 2 heterocycles. The van der Waals surface area contributed by atoms with Crippen molar-refractivity contribution in [3.63, 3.8) is 0 Å². The van der Waals surface area contributed by atoms with Crippen LogP contribution in [0.5, 0.6) is 0 Å². The highest BCUT2D eigenvalue weighted by Crippen LogP contribution is 2.20. The summed E-state index contributed by atoms with van der Waals surface area (Å²) in [7, 11) is 0. The van der Waals surface area contributed by atoms with Crippen LogP contribution >= 0.6 is 11.6 Å². The molecule has 1 aliphatic rings. The van der Waals surface area contributed by atoms with E-state index in [-0.39, 0.29) is 11.8 Å². The molecule has 2 N–H and O–H groups in total. The van der Waals surface area contributed by atoms with Gasteiger partial charge in [-0.1, -0.05) is 35.9 Å². The number of rotatable bonds is 4. The minimum atomic E-state index is -0.0456. The standard InChI is InChI=1S/C21H22ClN3O/c1-15(21(26)19-14-23-20-8-3-2-7-18(19)20)24-9-11-25(12-10-24)17-6-4-5-16(22)13-17/h2-8,13-15,23H,9-12H2,1H3/p+1/t15-/m1/s1. The topological polar surface area (TPSA) is 40.5 Å². The van der Waals surface area contributed by atoms with Gasteiger partial charge in [0.2, 0.25) is 5.78 Å². The van der Waals surface area contributed by atoms with Crippen LogP contribution in [0.2, 0.25) is 5.02 Å². The Bertz CT molecular complexity index is 928. The van der Waals surface area contributed by atoms with Crippen molar-refractivity contribution in [2.75, 3.05) is 31.1 Å². The number of benzene rings is 2. The molecule has 2 aromatic carbocycles. The minimum absolute atomic E-state index is 0.0456. The molecule has 1 fully saturated rings. The average Bonchev–Trinajstić information content (AvgIpc) is 3.11. The highest BCUT2D eigenvalue weighted by Gasteiger charge is 2.31. The Hall–Kier alpha value is -2.30. The number of quaternary nitrogens is 1. The third-order valence-corrected chi connectivity index (χ3v) is 5.67. The molecular formula is C21H23ClN3O+. The zero-order valence-corrected chi connectivity index (χ0v) is 15.6. The Balaban J connectivity index is 1.45. The summed E-state index contributed by atoms with van der Waals surface area (Å²) in [5, 5.41) is 1.78. The lowest BCUT2D eigenvalue weighted by Crippen LogP contribution is -3.18. The summed E-state index contributed by atoms with van der Waals surface area (Å²) in [6.07, 6.45) is 1.85. The van der Waals surface area contributed by atoms with Crippen LogP contribution in [0.4, 0.5) is 5.69 Å². The Morgan fingerprint density at radius 3 is 2.69 bits per heavy atom. The summed E-state index contributed by atoms with van der Waals surface area (Å²) >= 11 is 6.11. The molecule has 0 radical (unpaired) electrons. The van der Waals surface area contributed by atoms with Gasteiger partial charge < -0.3 is 14.8 Å². The average molecular weight is 369 g/mol. The van der Waals surface area contributed by atoms with Gasteiger partial charge in [0.15, 0.2) is 0 Å².